The van der Waals surface area contributed by atoms with E-state index in [1.165, 1.54) is 4.90 Å². The normalized spacial score (nSPS) is 15.6. The van der Waals surface area contributed by atoms with Crippen molar-refractivity contribution < 1.29 is 9.59 Å². The maximum atomic E-state index is 12.9. The Morgan fingerprint density at radius 2 is 1.52 bits per heavy atom. The minimum absolute atomic E-state index is 0.109. The van der Waals surface area contributed by atoms with Crippen LogP contribution in [0.4, 0.5) is 22.7 Å². The van der Waals surface area contributed by atoms with Crippen LogP contribution in [-0.2, 0) is 9.59 Å². The van der Waals surface area contributed by atoms with Gasteiger partial charge in [0, 0.05) is 17.1 Å². The van der Waals surface area contributed by atoms with E-state index >= 15 is 0 Å². The first kappa shape index (κ1) is 20.6. The number of carbonyl (C=O) groups excluding carboxylic acids is 2. The average molecular weight is 431 g/mol. The molecule has 2 amide bonds. The molecule has 1 heterocycles. The smallest absolute Gasteiger partial charge is 0.256 e. The van der Waals surface area contributed by atoms with Gasteiger partial charge in [0.1, 0.15) is 6.04 Å². The lowest BCUT2D eigenvalue weighted by atomic mass is 10.2. The van der Waals surface area contributed by atoms with E-state index in [0.717, 1.165) is 22.6 Å². The molecule has 4 rings (SSSR count). The highest BCUT2D eigenvalue weighted by molar-refractivity contribution is 7.80. The summed E-state index contributed by atoms with van der Waals surface area (Å²) in [5, 5.41) is 9.89. The summed E-state index contributed by atoms with van der Waals surface area (Å²) < 4.78 is 0. The van der Waals surface area contributed by atoms with Gasteiger partial charge in [-0.15, -0.1) is 0 Å². The number of nitrogens with zero attached hydrogens (tertiary/aromatic N) is 1. The van der Waals surface area contributed by atoms with Crippen molar-refractivity contribution in [1.82, 2.24) is 0 Å². The fourth-order valence-electron chi connectivity index (χ4n) is 3.41. The number of carbonyl (C=O) groups is 2. The Morgan fingerprint density at radius 3 is 2.26 bits per heavy atom. The van der Waals surface area contributed by atoms with Gasteiger partial charge in [0.15, 0.2) is 5.11 Å². The molecule has 1 fully saturated rings. The molecule has 0 bridgehead atoms. The van der Waals surface area contributed by atoms with Gasteiger partial charge in [-0.3, -0.25) is 9.59 Å². The fourth-order valence-corrected chi connectivity index (χ4v) is 3.65. The third-order valence-electron chi connectivity index (χ3n) is 4.93. The first-order valence-electron chi connectivity index (χ1n) is 9.93. The van der Waals surface area contributed by atoms with Crippen molar-refractivity contribution in [3.05, 3.63) is 84.4 Å². The molecule has 3 aromatic rings. The minimum atomic E-state index is -0.613. The molecule has 3 aromatic carbocycles. The predicted octanol–water partition coefficient (Wildman–Crippen LogP) is 4.55. The molecule has 0 spiro atoms. The van der Waals surface area contributed by atoms with Gasteiger partial charge in [-0.05, 0) is 61.6 Å². The zero-order chi connectivity index (χ0) is 21.8. The lowest BCUT2D eigenvalue weighted by Gasteiger charge is -2.17. The summed E-state index contributed by atoms with van der Waals surface area (Å²) in [6.07, 6.45) is 0.109. The third kappa shape index (κ3) is 4.90. The van der Waals surface area contributed by atoms with Crippen molar-refractivity contribution in [3.8, 4) is 0 Å². The van der Waals surface area contributed by atoms with Crippen LogP contribution in [0.3, 0.4) is 0 Å². The Bertz CT molecular complexity index is 1120. The predicted molar refractivity (Wildman–Crippen MR) is 128 cm³/mol. The van der Waals surface area contributed by atoms with Gasteiger partial charge in [0.25, 0.3) is 5.91 Å². The average Bonchev–Trinajstić information content (AvgIpc) is 3.02. The van der Waals surface area contributed by atoms with Crippen LogP contribution in [-0.4, -0.2) is 23.0 Å². The molecule has 0 aliphatic carbocycles. The summed E-state index contributed by atoms with van der Waals surface area (Å²) in [6, 6.07) is 23.8. The van der Waals surface area contributed by atoms with Crippen LogP contribution < -0.4 is 20.9 Å². The maximum Gasteiger partial charge on any atom is 0.256 e. The summed E-state index contributed by atoms with van der Waals surface area (Å²) in [5.41, 5.74) is 4.05. The van der Waals surface area contributed by atoms with Crippen LogP contribution in [0.25, 0.3) is 0 Å². The molecule has 6 nitrogen and oxygen atoms in total. The molecule has 156 valence electrons. The quantitative estimate of drug-likeness (QED) is 0.407. The van der Waals surface area contributed by atoms with Crippen LogP contribution in [0.2, 0.25) is 0 Å². The number of anilines is 4. The zero-order valence-electron chi connectivity index (χ0n) is 17.0. The van der Waals surface area contributed by atoms with E-state index in [1.54, 1.807) is 12.1 Å². The second-order valence-electron chi connectivity index (χ2n) is 7.33. The van der Waals surface area contributed by atoms with E-state index in [1.807, 2.05) is 73.7 Å². The van der Waals surface area contributed by atoms with Crippen LogP contribution in [0.1, 0.15) is 12.0 Å². The topological polar surface area (TPSA) is 73.5 Å². The Hall–Kier alpha value is -3.71. The number of rotatable bonds is 5. The molecule has 0 saturated carbocycles. The number of thiocarbonyl (C=S) groups is 1. The van der Waals surface area contributed by atoms with Gasteiger partial charge in [-0.25, -0.2) is 4.90 Å². The first-order valence-corrected chi connectivity index (χ1v) is 10.3. The molecular formula is C24H22N4O2S. The summed E-state index contributed by atoms with van der Waals surface area (Å²) in [4.78, 5) is 26.6. The van der Waals surface area contributed by atoms with Gasteiger partial charge in [0.2, 0.25) is 5.91 Å². The highest BCUT2D eigenvalue weighted by atomic mass is 32.1. The lowest BCUT2D eigenvalue weighted by Crippen LogP contribution is -2.34. The fraction of sp³-hybridized carbons (Fsp3) is 0.125. The Balaban J connectivity index is 1.41. The summed E-state index contributed by atoms with van der Waals surface area (Å²) >= 11 is 5.37. The Kier molecular flexibility index (Phi) is 5.95. The monoisotopic (exact) mass is 430 g/mol. The number of amides is 2. The molecule has 0 radical (unpaired) electrons. The summed E-state index contributed by atoms with van der Waals surface area (Å²) in [5.74, 6) is -0.470. The number of benzene rings is 3. The molecular weight excluding hydrogens is 408 g/mol. The van der Waals surface area contributed by atoms with Gasteiger partial charge >= 0.3 is 0 Å². The standard InChI is InChI=1S/C24H22N4O2S/c1-16-10-12-20(13-11-16)28-22(29)15-21(23(28)30)25-18-8-5-9-19(14-18)27-24(31)26-17-6-3-2-4-7-17/h2-14,21,25H,15H2,1H3,(H2,26,27,31)/t21-/m0/s1. The van der Waals surface area contributed by atoms with E-state index in [9.17, 15) is 9.59 Å². The first-order chi connectivity index (χ1) is 15.0. The number of nitrogens with one attached hydrogen (secondary N) is 3. The number of hydrogen-bond donors (Lipinski definition) is 3. The Morgan fingerprint density at radius 1 is 0.871 bits per heavy atom. The maximum absolute atomic E-state index is 12.9. The number of hydrogen-bond acceptors (Lipinski definition) is 4. The number of para-hydroxylation sites is 1. The van der Waals surface area contributed by atoms with E-state index in [-0.39, 0.29) is 18.2 Å². The molecule has 1 aliphatic rings. The second kappa shape index (κ2) is 8.97. The van der Waals surface area contributed by atoms with Gasteiger partial charge in [0.05, 0.1) is 12.1 Å². The molecule has 1 aliphatic heterocycles. The second-order valence-corrected chi connectivity index (χ2v) is 7.74. The van der Waals surface area contributed by atoms with Crippen molar-refractivity contribution >= 4 is 51.9 Å². The van der Waals surface area contributed by atoms with Gasteiger partial charge in [-0.2, -0.15) is 0 Å². The molecule has 1 saturated heterocycles. The van der Waals surface area contributed by atoms with Crippen LogP contribution in [0.5, 0.6) is 0 Å². The van der Waals surface area contributed by atoms with Gasteiger partial charge in [-0.1, -0.05) is 42.0 Å². The summed E-state index contributed by atoms with van der Waals surface area (Å²) in [7, 11) is 0. The van der Waals surface area contributed by atoms with Crippen LogP contribution in [0.15, 0.2) is 78.9 Å². The largest absolute Gasteiger partial charge is 0.373 e. The lowest BCUT2D eigenvalue weighted by molar-refractivity contribution is -0.121. The Labute approximate surface area is 186 Å². The van der Waals surface area contributed by atoms with E-state index in [0.29, 0.717) is 10.8 Å². The van der Waals surface area contributed by atoms with Crippen molar-refractivity contribution in [2.75, 3.05) is 20.9 Å². The number of aryl methyl sites for hydroxylation is 1. The van der Waals surface area contributed by atoms with Crippen LogP contribution >= 0.6 is 12.2 Å². The molecule has 7 heteroatoms. The number of imide groups is 1. The molecule has 0 unspecified atom stereocenters. The van der Waals surface area contributed by atoms with Crippen molar-refractivity contribution in [1.29, 1.82) is 0 Å². The SMILES string of the molecule is Cc1ccc(N2C(=O)C[C@H](Nc3cccc(NC(=S)Nc4ccccc4)c3)C2=O)cc1. The molecule has 3 N–H and O–H groups in total. The van der Waals surface area contributed by atoms with Crippen molar-refractivity contribution in [3.63, 3.8) is 0 Å². The van der Waals surface area contributed by atoms with Crippen molar-refractivity contribution in [2.24, 2.45) is 0 Å². The molecule has 1 atom stereocenters. The summed E-state index contributed by atoms with van der Waals surface area (Å²) in [6.45, 7) is 1.96. The highest BCUT2D eigenvalue weighted by Gasteiger charge is 2.39. The highest BCUT2D eigenvalue weighted by Crippen LogP contribution is 2.26. The van der Waals surface area contributed by atoms with E-state index < -0.39 is 6.04 Å². The van der Waals surface area contributed by atoms with E-state index in [4.69, 9.17) is 12.2 Å². The van der Waals surface area contributed by atoms with E-state index in [2.05, 4.69) is 16.0 Å². The van der Waals surface area contributed by atoms with Crippen LogP contribution in [0, 0.1) is 6.92 Å². The molecule has 0 aromatic heterocycles. The van der Waals surface area contributed by atoms with Crippen molar-refractivity contribution in [2.45, 2.75) is 19.4 Å². The molecule has 31 heavy (non-hydrogen) atoms. The third-order valence-corrected chi connectivity index (χ3v) is 5.14. The zero-order valence-corrected chi connectivity index (χ0v) is 17.8. The van der Waals surface area contributed by atoms with Gasteiger partial charge < -0.3 is 16.0 Å². The minimum Gasteiger partial charge on any atom is -0.373 e.